The van der Waals surface area contributed by atoms with Crippen molar-refractivity contribution in [1.29, 1.82) is 0 Å². The lowest BCUT2D eigenvalue weighted by Gasteiger charge is -2.33. The number of rotatable bonds is 8. The maximum Gasteiger partial charge on any atom is 0.236 e. The topological polar surface area (TPSA) is 102 Å². The molecule has 9 nitrogen and oxygen atoms in total. The van der Waals surface area contributed by atoms with E-state index in [-0.39, 0.29) is 5.91 Å². The Morgan fingerprint density at radius 1 is 1.08 bits per heavy atom. The Bertz CT molecular complexity index is 1280. The first-order valence-corrected chi connectivity index (χ1v) is 13.3. The third-order valence-electron chi connectivity index (χ3n) is 7.20. The number of H-pyrrole nitrogens is 1. The Labute approximate surface area is 223 Å². The fourth-order valence-electron chi connectivity index (χ4n) is 4.98. The van der Waals surface area contributed by atoms with Gasteiger partial charge in [0.25, 0.3) is 0 Å². The van der Waals surface area contributed by atoms with E-state index in [1.165, 1.54) is 24.0 Å². The number of amides is 1. The van der Waals surface area contributed by atoms with E-state index in [0.29, 0.717) is 41.0 Å². The lowest BCUT2D eigenvalue weighted by Crippen LogP contribution is -2.42. The molecule has 0 spiro atoms. The number of carbonyl (C=O) groups excluding carboxylic acids is 1. The number of hydrogen-bond acceptors (Lipinski definition) is 7. The largest absolute Gasteiger partial charge is 0.342 e. The summed E-state index contributed by atoms with van der Waals surface area (Å²) < 4.78 is 0. The molecule has 3 heterocycles. The van der Waals surface area contributed by atoms with E-state index in [1.807, 2.05) is 30.0 Å². The second-order valence-electron chi connectivity index (χ2n) is 10.5. The molecule has 196 valence electrons. The van der Waals surface area contributed by atoms with Crippen LogP contribution in [0.5, 0.6) is 0 Å². The average molecular weight is 523 g/mol. The zero-order valence-electron chi connectivity index (χ0n) is 21.9. The highest BCUT2D eigenvalue weighted by Crippen LogP contribution is 2.40. The van der Waals surface area contributed by atoms with Crippen LogP contribution in [-0.2, 0) is 4.79 Å². The van der Waals surface area contributed by atoms with Crippen LogP contribution in [0.3, 0.4) is 0 Å². The highest BCUT2D eigenvalue weighted by atomic mass is 35.5. The summed E-state index contributed by atoms with van der Waals surface area (Å²) in [4.78, 5) is 25.3. The van der Waals surface area contributed by atoms with Crippen LogP contribution < -0.4 is 10.6 Å². The lowest BCUT2D eigenvalue weighted by molar-refractivity contribution is -0.132. The SMILES string of the molecule is Cc1cc(C2CCN(C(=O)CN(C)C)CC2)c(C)cc1Nc1ncc(Cl)c(Nc2cc(C3CC3)[nH]n2)n1. The van der Waals surface area contributed by atoms with Gasteiger partial charge in [-0.1, -0.05) is 17.7 Å². The molecule has 10 heteroatoms. The summed E-state index contributed by atoms with van der Waals surface area (Å²) >= 11 is 6.37. The number of benzene rings is 1. The van der Waals surface area contributed by atoms with Gasteiger partial charge < -0.3 is 20.4 Å². The smallest absolute Gasteiger partial charge is 0.236 e. The lowest BCUT2D eigenvalue weighted by atomic mass is 9.85. The first-order chi connectivity index (χ1) is 17.8. The van der Waals surface area contributed by atoms with Gasteiger partial charge in [-0.05, 0) is 82.3 Å². The Kier molecular flexibility index (Phi) is 7.35. The van der Waals surface area contributed by atoms with Crippen LogP contribution in [0.4, 0.5) is 23.3 Å². The second kappa shape index (κ2) is 10.7. The van der Waals surface area contributed by atoms with Gasteiger partial charge in [-0.3, -0.25) is 9.89 Å². The molecular weight excluding hydrogens is 488 g/mol. The minimum absolute atomic E-state index is 0.211. The highest BCUT2D eigenvalue weighted by Gasteiger charge is 2.26. The van der Waals surface area contributed by atoms with Gasteiger partial charge in [0.15, 0.2) is 11.6 Å². The Hall–Kier alpha value is -3.17. The molecule has 0 atom stereocenters. The van der Waals surface area contributed by atoms with Crippen LogP contribution in [0, 0.1) is 13.8 Å². The number of anilines is 4. The van der Waals surface area contributed by atoms with Gasteiger partial charge in [0.2, 0.25) is 11.9 Å². The maximum atomic E-state index is 12.4. The van der Waals surface area contributed by atoms with Crippen molar-refractivity contribution in [1.82, 2.24) is 30.0 Å². The van der Waals surface area contributed by atoms with Crippen molar-refractivity contribution in [3.8, 4) is 0 Å². The molecule has 2 aliphatic rings. The van der Waals surface area contributed by atoms with Crippen molar-refractivity contribution in [2.45, 2.75) is 51.4 Å². The van der Waals surface area contributed by atoms with Crippen LogP contribution in [0.2, 0.25) is 5.02 Å². The summed E-state index contributed by atoms with van der Waals surface area (Å²) in [7, 11) is 3.87. The summed E-state index contributed by atoms with van der Waals surface area (Å²) in [6.45, 7) is 6.33. The van der Waals surface area contributed by atoms with Crippen LogP contribution >= 0.6 is 11.6 Å². The first-order valence-electron chi connectivity index (χ1n) is 12.9. The van der Waals surface area contributed by atoms with Crippen molar-refractivity contribution in [3.05, 3.63) is 51.8 Å². The molecule has 0 bridgehead atoms. The number of aromatic amines is 1. The number of likely N-dealkylation sites (tertiary alicyclic amines) is 1. The van der Waals surface area contributed by atoms with Crippen molar-refractivity contribution in [3.63, 3.8) is 0 Å². The monoisotopic (exact) mass is 522 g/mol. The number of hydrogen-bond donors (Lipinski definition) is 3. The van der Waals surface area contributed by atoms with E-state index in [2.05, 4.69) is 56.8 Å². The van der Waals surface area contributed by atoms with Crippen LogP contribution in [-0.4, -0.2) is 69.6 Å². The van der Waals surface area contributed by atoms with Crippen molar-refractivity contribution >= 4 is 40.8 Å². The van der Waals surface area contributed by atoms with Gasteiger partial charge in [-0.25, -0.2) is 4.98 Å². The number of aryl methyl sites for hydroxylation is 2. The molecule has 2 fully saturated rings. The Morgan fingerprint density at radius 3 is 2.54 bits per heavy atom. The van der Waals surface area contributed by atoms with E-state index < -0.39 is 0 Å². The van der Waals surface area contributed by atoms with Crippen molar-refractivity contribution in [2.75, 3.05) is 44.4 Å². The molecule has 37 heavy (non-hydrogen) atoms. The molecule has 1 amide bonds. The van der Waals surface area contributed by atoms with Crippen LogP contribution in [0.15, 0.2) is 24.4 Å². The Morgan fingerprint density at radius 2 is 1.84 bits per heavy atom. The fourth-order valence-corrected chi connectivity index (χ4v) is 5.12. The van der Waals surface area contributed by atoms with Gasteiger partial charge in [0, 0.05) is 36.5 Å². The molecule has 1 saturated heterocycles. The predicted octanol–water partition coefficient (Wildman–Crippen LogP) is 5.10. The predicted molar refractivity (Wildman–Crippen MR) is 147 cm³/mol. The second-order valence-corrected chi connectivity index (χ2v) is 10.9. The first kappa shape index (κ1) is 25.5. The summed E-state index contributed by atoms with van der Waals surface area (Å²) in [5, 5.41) is 14.4. The van der Waals surface area contributed by atoms with E-state index in [9.17, 15) is 4.79 Å². The highest BCUT2D eigenvalue weighted by molar-refractivity contribution is 6.32. The van der Waals surface area contributed by atoms with E-state index >= 15 is 0 Å². The molecule has 1 aromatic carbocycles. The molecule has 1 aliphatic heterocycles. The maximum absolute atomic E-state index is 12.4. The summed E-state index contributed by atoms with van der Waals surface area (Å²) in [5.74, 6) is 2.92. The molecule has 3 N–H and O–H groups in total. The minimum atomic E-state index is 0.211. The number of nitrogens with one attached hydrogen (secondary N) is 3. The van der Waals surface area contributed by atoms with Gasteiger partial charge in [0.05, 0.1) is 12.7 Å². The van der Waals surface area contributed by atoms with Gasteiger partial charge in [-0.2, -0.15) is 10.1 Å². The van der Waals surface area contributed by atoms with Gasteiger partial charge in [-0.15, -0.1) is 0 Å². The zero-order chi connectivity index (χ0) is 26.1. The van der Waals surface area contributed by atoms with Crippen molar-refractivity contribution in [2.24, 2.45) is 0 Å². The number of aromatic nitrogens is 4. The molecule has 1 aliphatic carbocycles. The fraction of sp³-hybridized carbons (Fsp3) is 0.481. The standard InChI is InChI=1S/C27H35ClN8O/c1-16-12-22(17(2)11-20(16)18-7-9-36(10-8-18)25(37)15-35(3)4)30-27-29-14-21(28)26(32-27)31-24-13-23(33-34-24)19-5-6-19/h11-14,18-19H,5-10,15H2,1-4H3,(H3,29,30,31,32,33,34). The quantitative estimate of drug-likeness (QED) is 0.378. The molecule has 3 aromatic rings. The van der Waals surface area contributed by atoms with E-state index in [0.717, 1.165) is 42.9 Å². The third-order valence-corrected chi connectivity index (χ3v) is 7.48. The number of likely N-dealkylation sites (N-methyl/N-ethyl adjacent to an activating group) is 1. The van der Waals surface area contributed by atoms with Gasteiger partial charge in [0.1, 0.15) is 5.02 Å². The molecular formula is C27H35ClN8O. The van der Waals surface area contributed by atoms with Crippen molar-refractivity contribution < 1.29 is 4.79 Å². The molecule has 5 rings (SSSR count). The normalized spacial score (nSPS) is 16.3. The summed E-state index contributed by atoms with van der Waals surface area (Å²) in [5.41, 5.74) is 5.81. The molecule has 0 unspecified atom stereocenters. The number of halogens is 1. The molecule has 0 radical (unpaired) electrons. The molecule has 2 aromatic heterocycles. The van der Waals surface area contributed by atoms with Gasteiger partial charge >= 0.3 is 0 Å². The number of carbonyl (C=O) groups is 1. The van der Waals surface area contributed by atoms with Crippen LogP contribution in [0.25, 0.3) is 0 Å². The molecule has 1 saturated carbocycles. The number of piperidine rings is 1. The Balaban J connectivity index is 1.25. The summed E-state index contributed by atoms with van der Waals surface area (Å²) in [6.07, 6.45) is 5.97. The average Bonchev–Trinajstić information content (AvgIpc) is 3.61. The minimum Gasteiger partial charge on any atom is -0.342 e. The summed E-state index contributed by atoms with van der Waals surface area (Å²) in [6, 6.07) is 6.44. The number of nitrogens with zero attached hydrogens (tertiary/aromatic N) is 5. The van der Waals surface area contributed by atoms with E-state index in [1.54, 1.807) is 6.20 Å². The zero-order valence-corrected chi connectivity index (χ0v) is 22.7. The van der Waals surface area contributed by atoms with E-state index in [4.69, 9.17) is 11.6 Å². The van der Waals surface area contributed by atoms with Crippen LogP contribution in [0.1, 0.15) is 59.9 Å². The third kappa shape index (κ3) is 6.05.